The van der Waals surface area contributed by atoms with E-state index in [1.807, 2.05) is 0 Å². The minimum Gasteiger partial charge on any atom is -0.496 e. The Bertz CT molecular complexity index is 491. The Morgan fingerprint density at radius 2 is 2.11 bits per heavy atom. The summed E-state index contributed by atoms with van der Waals surface area (Å²) in [6, 6.07) is 2.87. The first-order valence-electron chi connectivity index (χ1n) is 5.37. The van der Waals surface area contributed by atoms with Gasteiger partial charge in [0.15, 0.2) is 0 Å². The van der Waals surface area contributed by atoms with E-state index < -0.39 is 12.4 Å². The number of hydrogen-bond acceptors (Lipinski definition) is 3. The second kappa shape index (κ2) is 4.87. The molecule has 104 valence electrons. The predicted octanol–water partition coefficient (Wildman–Crippen LogP) is 1.95. The fourth-order valence-electron chi connectivity index (χ4n) is 1.82. The molecule has 2 amide bonds. The molecule has 0 bridgehead atoms. The molecule has 1 aliphatic heterocycles. The van der Waals surface area contributed by atoms with Crippen molar-refractivity contribution in [1.29, 1.82) is 0 Å². The molecule has 1 fully saturated rings. The van der Waals surface area contributed by atoms with Gasteiger partial charge in [-0.05, 0) is 18.2 Å². The molecular formula is C11H11F3N2O3. The van der Waals surface area contributed by atoms with E-state index in [4.69, 9.17) is 4.74 Å². The van der Waals surface area contributed by atoms with E-state index in [0.717, 1.165) is 6.07 Å². The van der Waals surface area contributed by atoms with Crippen LogP contribution in [0.15, 0.2) is 18.2 Å². The lowest BCUT2D eigenvalue weighted by molar-refractivity contribution is -0.274. The van der Waals surface area contributed by atoms with Gasteiger partial charge in [0, 0.05) is 12.1 Å². The van der Waals surface area contributed by atoms with Crippen molar-refractivity contribution in [3.63, 3.8) is 0 Å². The van der Waals surface area contributed by atoms with Crippen molar-refractivity contribution in [2.45, 2.75) is 12.4 Å². The van der Waals surface area contributed by atoms with Crippen LogP contribution in [0.1, 0.15) is 11.6 Å². The highest BCUT2D eigenvalue weighted by atomic mass is 19.4. The van der Waals surface area contributed by atoms with Gasteiger partial charge in [-0.25, -0.2) is 4.79 Å². The highest BCUT2D eigenvalue weighted by Crippen LogP contribution is 2.32. The van der Waals surface area contributed by atoms with Gasteiger partial charge in [-0.1, -0.05) is 0 Å². The van der Waals surface area contributed by atoms with E-state index in [2.05, 4.69) is 15.4 Å². The number of benzene rings is 1. The van der Waals surface area contributed by atoms with E-state index in [1.165, 1.54) is 19.2 Å². The van der Waals surface area contributed by atoms with Gasteiger partial charge in [-0.2, -0.15) is 0 Å². The van der Waals surface area contributed by atoms with Gasteiger partial charge in [0.25, 0.3) is 0 Å². The molecule has 1 heterocycles. The number of carbonyl (C=O) groups is 1. The third-order valence-corrected chi connectivity index (χ3v) is 2.58. The minimum atomic E-state index is -4.76. The number of methoxy groups -OCH3 is 1. The minimum absolute atomic E-state index is 0.269. The van der Waals surface area contributed by atoms with Crippen molar-refractivity contribution >= 4 is 6.03 Å². The molecule has 1 aromatic rings. The molecule has 0 aromatic heterocycles. The lowest BCUT2D eigenvalue weighted by Gasteiger charge is -2.16. The molecule has 2 N–H and O–H groups in total. The van der Waals surface area contributed by atoms with Crippen molar-refractivity contribution in [3.05, 3.63) is 23.8 Å². The van der Waals surface area contributed by atoms with Gasteiger partial charge in [0.2, 0.25) is 0 Å². The summed E-state index contributed by atoms with van der Waals surface area (Å²) in [5.41, 5.74) is 0.419. The summed E-state index contributed by atoms with van der Waals surface area (Å²) in [4.78, 5) is 11.1. The molecule has 1 aliphatic rings. The molecule has 0 aliphatic carbocycles. The zero-order chi connectivity index (χ0) is 14.0. The van der Waals surface area contributed by atoms with E-state index in [1.54, 1.807) is 0 Å². The summed E-state index contributed by atoms with van der Waals surface area (Å²) in [5.74, 6) is 0.0213. The van der Waals surface area contributed by atoms with Crippen molar-refractivity contribution in [2.24, 2.45) is 0 Å². The third kappa shape index (κ3) is 3.21. The topological polar surface area (TPSA) is 59.6 Å². The number of carbonyl (C=O) groups excluding carboxylic acids is 1. The first-order chi connectivity index (χ1) is 8.89. The normalized spacial score (nSPS) is 18.7. The Morgan fingerprint density at radius 1 is 1.37 bits per heavy atom. The number of urea groups is 1. The van der Waals surface area contributed by atoms with E-state index in [0.29, 0.717) is 11.3 Å². The van der Waals surface area contributed by atoms with Crippen molar-refractivity contribution in [2.75, 3.05) is 13.7 Å². The number of nitrogens with one attached hydrogen (secondary N) is 2. The van der Waals surface area contributed by atoms with E-state index >= 15 is 0 Å². The van der Waals surface area contributed by atoms with Crippen LogP contribution in [0.3, 0.4) is 0 Å². The summed E-state index contributed by atoms with van der Waals surface area (Å²) in [7, 11) is 1.40. The number of ether oxygens (including phenoxy) is 2. The van der Waals surface area contributed by atoms with Gasteiger partial charge in [-0.3, -0.25) is 0 Å². The molecule has 1 atom stereocenters. The lowest BCUT2D eigenvalue weighted by Crippen LogP contribution is -2.22. The number of amides is 2. The van der Waals surface area contributed by atoms with Crippen LogP contribution < -0.4 is 20.1 Å². The largest absolute Gasteiger partial charge is 0.573 e. The standard InChI is InChI=1S/C11H11F3N2O3/c1-18-9-3-2-6(19-11(12,13)14)4-7(9)8-5-15-10(17)16-8/h2-4,8H,5H2,1H3,(H2,15,16,17)/t8-/m0/s1. The van der Waals surface area contributed by atoms with Crippen LogP contribution >= 0.6 is 0 Å². The summed E-state index contributed by atoms with van der Waals surface area (Å²) in [5, 5.41) is 5.09. The third-order valence-electron chi connectivity index (χ3n) is 2.58. The quantitative estimate of drug-likeness (QED) is 0.887. The van der Waals surface area contributed by atoms with E-state index in [-0.39, 0.29) is 18.3 Å². The zero-order valence-corrected chi connectivity index (χ0v) is 9.88. The van der Waals surface area contributed by atoms with Crippen LogP contribution in [0, 0.1) is 0 Å². The van der Waals surface area contributed by atoms with Gasteiger partial charge >= 0.3 is 12.4 Å². The SMILES string of the molecule is COc1ccc(OC(F)(F)F)cc1[C@@H]1CNC(=O)N1. The lowest BCUT2D eigenvalue weighted by atomic mass is 10.1. The summed E-state index contributed by atoms with van der Waals surface area (Å²) < 4.78 is 45.4. The Hall–Kier alpha value is -2.12. The maximum Gasteiger partial charge on any atom is 0.573 e. The van der Waals surface area contributed by atoms with Crippen molar-refractivity contribution in [3.8, 4) is 11.5 Å². The average molecular weight is 276 g/mol. The fourth-order valence-corrected chi connectivity index (χ4v) is 1.82. The van der Waals surface area contributed by atoms with Gasteiger partial charge < -0.3 is 20.1 Å². The molecule has 1 saturated heterocycles. The maximum absolute atomic E-state index is 12.2. The van der Waals surface area contributed by atoms with Crippen molar-refractivity contribution in [1.82, 2.24) is 10.6 Å². The second-order valence-electron chi connectivity index (χ2n) is 3.86. The number of hydrogen-bond donors (Lipinski definition) is 2. The maximum atomic E-state index is 12.2. The van der Waals surface area contributed by atoms with Crippen LogP contribution in [0.4, 0.5) is 18.0 Å². The average Bonchev–Trinajstić information content (AvgIpc) is 2.73. The predicted molar refractivity (Wildman–Crippen MR) is 59.0 cm³/mol. The Morgan fingerprint density at radius 3 is 2.63 bits per heavy atom. The van der Waals surface area contributed by atoms with E-state index in [9.17, 15) is 18.0 Å². The molecular weight excluding hydrogens is 265 g/mol. The molecule has 0 radical (unpaired) electrons. The van der Waals surface area contributed by atoms with Gasteiger partial charge in [0.05, 0.1) is 13.2 Å². The number of rotatable bonds is 3. The monoisotopic (exact) mass is 276 g/mol. The zero-order valence-electron chi connectivity index (χ0n) is 9.88. The molecule has 19 heavy (non-hydrogen) atoms. The summed E-state index contributed by atoms with van der Waals surface area (Å²) in [6.07, 6.45) is -4.76. The van der Waals surface area contributed by atoms with Crippen LogP contribution in [-0.2, 0) is 0 Å². The summed E-state index contributed by atoms with van der Waals surface area (Å²) in [6.45, 7) is 0.269. The molecule has 2 rings (SSSR count). The molecule has 8 heteroatoms. The van der Waals surface area contributed by atoms with Crippen LogP contribution in [0.25, 0.3) is 0 Å². The Labute approximate surface area is 106 Å². The van der Waals surface area contributed by atoms with Crippen LogP contribution in [0.2, 0.25) is 0 Å². The smallest absolute Gasteiger partial charge is 0.496 e. The molecule has 1 aromatic carbocycles. The Balaban J connectivity index is 2.29. The molecule has 0 spiro atoms. The fraction of sp³-hybridized carbons (Fsp3) is 0.364. The van der Waals surface area contributed by atoms with Crippen LogP contribution in [-0.4, -0.2) is 26.0 Å². The first-order valence-corrected chi connectivity index (χ1v) is 5.37. The Kier molecular flexibility index (Phi) is 3.41. The first kappa shape index (κ1) is 13.3. The highest BCUT2D eigenvalue weighted by molar-refractivity contribution is 5.77. The molecule has 0 unspecified atom stereocenters. The number of alkyl halides is 3. The second-order valence-corrected chi connectivity index (χ2v) is 3.86. The van der Waals surface area contributed by atoms with Gasteiger partial charge in [0.1, 0.15) is 11.5 Å². The molecule has 5 nitrogen and oxygen atoms in total. The van der Waals surface area contributed by atoms with Crippen LogP contribution in [0.5, 0.6) is 11.5 Å². The van der Waals surface area contributed by atoms with Crippen molar-refractivity contribution < 1.29 is 27.4 Å². The molecule has 0 saturated carbocycles. The number of halogens is 3. The van der Waals surface area contributed by atoms with Gasteiger partial charge in [-0.15, -0.1) is 13.2 Å². The highest BCUT2D eigenvalue weighted by Gasteiger charge is 2.32. The summed E-state index contributed by atoms with van der Waals surface area (Å²) >= 11 is 0.